The zero-order valence-electron chi connectivity index (χ0n) is 18.1. The molecule has 4 nitrogen and oxygen atoms in total. The Morgan fingerprint density at radius 1 is 0.968 bits per heavy atom. The summed E-state index contributed by atoms with van der Waals surface area (Å²) in [5.41, 5.74) is 2.51. The Morgan fingerprint density at radius 2 is 1.55 bits per heavy atom. The van der Waals surface area contributed by atoms with Gasteiger partial charge in [-0.2, -0.15) is 0 Å². The molecule has 1 N–H and O–H groups in total. The summed E-state index contributed by atoms with van der Waals surface area (Å²) < 4.78 is 0. The Balaban J connectivity index is 2.00. The van der Waals surface area contributed by atoms with E-state index in [1.807, 2.05) is 24.3 Å². The fourth-order valence-electron chi connectivity index (χ4n) is 4.11. The van der Waals surface area contributed by atoms with E-state index in [4.69, 9.17) is 23.2 Å². The van der Waals surface area contributed by atoms with Crippen molar-refractivity contribution in [3.05, 3.63) is 64.7 Å². The van der Waals surface area contributed by atoms with Gasteiger partial charge in [0.15, 0.2) is 0 Å². The van der Waals surface area contributed by atoms with E-state index in [9.17, 15) is 9.59 Å². The average molecular weight is 461 g/mol. The van der Waals surface area contributed by atoms with Crippen LogP contribution in [0.15, 0.2) is 48.5 Å². The summed E-state index contributed by atoms with van der Waals surface area (Å²) in [6.07, 6.45) is 5.35. The third-order valence-electron chi connectivity index (χ3n) is 5.86. The highest BCUT2D eigenvalue weighted by atomic mass is 35.5. The van der Waals surface area contributed by atoms with Crippen LogP contribution in [0.1, 0.15) is 69.0 Å². The van der Waals surface area contributed by atoms with Crippen molar-refractivity contribution in [3.63, 3.8) is 0 Å². The van der Waals surface area contributed by atoms with Crippen molar-refractivity contribution in [2.75, 3.05) is 10.8 Å². The number of carbonyl (C=O) groups is 2. The minimum Gasteiger partial charge on any atom is -0.351 e. The predicted octanol–water partition coefficient (Wildman–Crippen LogP) is 6.23. The first kappa shape index (κ1) is 23.6. The van der Waals surface area contributed by atoms with Crippen LogP contribution in [0, 0.1) is 0 Å². The molecule has 0 heterocycles. The predicted molar refractivity (Wildman–Crippen MR) is 128 cm³/mol. The number of halogens is 2. The molecule has 0 spiro atoms. The quantitative estimate of drug-likeness (QED) is 0.498. The van der Waals surface area contributed by atoms with E-state index >= 15 is 0 Å². The second kappa shape index (κ2) is 11.0. The lowest BCUT2D eigenvalue weighted by molar-refractivity contribution is -0.126. The van der Waals surface area contributed by atoms with Crippen LogP contribution in [0.4, 0.5) is 5.69 Å². The number of benzene rings is 2. The van der Waals surface area contributed by atoms with Crippen LogP contribution in [-0.2, 0) is 9.59 Å². The van der Waals surface area contributed by atoms with E-state index in [-0.39, 0.29) is 23.7 Å². The molecular formula is C25H30Cl2N2O2. The van der Waals surface area contributed by atoms with Crippen molar-refractivity contribution in [2.45, 2.75) is 64.0 Å². The van der Waals surface area contributed by atoms with Crippen molar-refractivity contribution in [1.29, 1.82) is 0 Å². The monoisotopic (exact) mass is 460 g/mol. The van der Waals surface area contributed by atoms with Gasteiger partial charge < -0.3 is 5.32 Å². The highest BCUT2D eigenvalue weighted by Crippen LogP contribution is 2.31. The number of nitrogens with zero attached hydrogens (tertiary/aromatic N) is 1. The van der Waals surface area contributed by atoms with Gasteiger partial charge in [0.2, 0.25) is 11.8 Å². The second-order valence-corrected chi connectivity index (χ2v) is 9.14. The molecule has 1 aliphatic rings. The largest absolute Gasteiger partial charge is 0.351 e. The molecule has 0 aliphatic heterocycles. The molecule has 0 radical (unpaired) electrons. The van der Waals surface area contributed by atoms with E-state index in [0.29, 0.717) is 22.2 Å². The van der Waals surface area contributed by atoms with Crippen LogP contribution in [0.3, 0.4) is 0 Å². The smallest absolute Gasteiger partial charge is 0.248 e. The molecule has 166 valence electrons. The van der Waals surface area contributed by atoms with Crippen LogP contribution < -0.4 is 10.2 Å². The zero-order chi connectivity index (χ0) is 22.4. The number of anilines is 1. The normalized spacial score (nSPS) is 15.5. The van der Waals surface area contributed by atoms with Gasteiger partial charge in [0.1, 0.15) is 11.9 Å². The van der Waals surface area contributed by atoms with Gasteiger partial charge in [0, 0.05) is 16.8 Å². The maximum Gasteiger partial charge on any atom is 0.248 e. The molecule has 31 heavy (non-hydrogen) atoms. The number of alkyl halides is 1. The van der Waals surface area contributed by atoms with Gasteiger partial charge in [-0.15, -0.1) is 11.6 Å². The van der Waals surface area contributed by atoms with E-state index in [1.165, 1.54) is 11.3 Å². The van der Waals surface area contributed by atoms with Crippen LogP contribution in [0.5, 0.6) is 0 Å². The summed E-state index contributed by atoms with van der Waals surface area (Å²) in [4.78, 5) is 28.0. The fourth-order valence-corrected chi connectivity index (χ4v) is 4.37. The Hall–Kier alpha value is -2.04. The SMILES string of the molecule is CC(C)c1ccc(N(C(=O)CCl)C(C(=O)NC2CCCCC2)c2ccc(Cl)cc2)cc1. The zero-order valence-corrected chi connectivity index (χ0v) is 19.6. The van der Waals surface area contributed by atoms with Gasteiger partial charge in [-0.3, -0.25) is 14.5 Å². The Bertz CT molecular complexity index is 875. The molecule has 2 aromatic carbocycles. The van der Waals surface area contributed by atoms with E-state index in [1.54, 1.807) is 24.3 Å². The third-order valence-corrected chi connectivity index (χ3v) is 6.35. The maximum absolute atomic E-state index is 13.5. The van der Waals surface area contributed by atoms with Gasteiger partial charge in [0.05, 0.1) is 0 Å². The third kappa shape index (κ3) is 6.02. The van der Waals surface area contributed by atoms with E-state index < -0.39 is 6.04 Å². The number of carbonyl (C=O) groups excluding carboxylic acids is 2. The fraction of sp³-hybridized carbons (Fsp3) is 0.440. The van der Waals surface area contributed by atoms with Gasteiger partial charge in [-0.05, 0) is 54.2 Å². The first-order valence-corrected chi connectivity index (χ1v) is 11.9. The molecule has 0 saturated heterocycles. The molecule has 1 atom stereocenters. The molecule has 1 unspecified atom stereocenters. The summed E-state index contributed by atoms with van der Waals surface area (Å²) in [7, 11) is 0. The minimum absolute atomic E-state index is 0.132. The van der Waals surface area contributed by atoms with Crippen molar-refractivity contribution >= 4 is 40.7 Å². The molecule has 6 heteroatoms. The summed E-state index contributed by atoms with van der Waals surface area (Å²) in [6, 6.07) is 14.1. The number of rotatable bonds is 7. The number of amides is 2. The van der Waals surface area contributed by atoms with Crippen molar-refractivity contribution < 1.29 is 9.59 Å². The molecule has 0 aromatic heterocycles. The second-order valence-electron chi connectivity index (χ2n) is 8.44. The maximum atomic E-state index is 13.5. The summed E-state index contributed by atoms with van der Waals surface area (Å²) in [6.45, 7) is 4.23. The van der Waals surface area contributed by atoms with Crippen LogP contribution in [0.25, 0.3) is 0 Å². The van der Waals surface area contributed by atoms with Crippen molar-refractivity contribution in [3.8, 4) is 0 Å². The number of hydrogen-bond acceptors (Lipinski definition) is 2. The lowest BCUT2D eigenvalue weighted by Crippen LogP contribution is -2.47. The molecule has 3 rings (SSSR count). The topological polar surface area (TPSA) is 49.4 Å². The molecule has 1 saturated carbocycles. The molecule has 0 bridgehead atoms. The lowest BCUT2D eigenvalue weighted by Gasteiger charge is -2.33. The first-order valence-electron chi connectivity index (χ1n) is 10.9. The molecular weight excluding hydrogens is 431 g/mol. The van der Waals surface area contributed by atoms with Crippen LogP contribution in [-0.4, -0.2) is 23.7 Å². The minimum atomic E-state index is -0.824. The van der Waals surface area contributed by atoms with Gasteiger partial charge in [0.25, 0.3) is 0 Å². The molecule has 2 amide bonds. The molecule has 2 aromatic rings. The van der Waals surface area contributed by atoms with Crippen LogP contribution >= 0.6 is 23.2 Å². The van der Waals surface area contributed by atoms with Crippen molar-refractivity contribution in [2.24, 2.45) is 0 Å². The van der Waals surface area contributed by atoms with Gasteiger partial charge in [-0.25, -0.2) is 0 Å². The first-order chi connectivity index (χ1) is 14.9. The highest BCUT2D eigenvalue weighted by Gasteiger charge is 2.33. The van der Waals surface area contributed by atoms with Crippen LogP contribution in [0.2, 0.25) is 5.02 Å². The number of hydrogen-bond donors (Lipinski definition) is 1. The number of nitrogens with one attached hydrogen (secondary N) is 1. The van der Waals surface area contributed by atoms with E-state index in [2.05, 4.69) is 19.2 Å². The molecule has 1 fully saturated rings. The molecule has 1 aliphatic carbocycles. The summed E-state index contributed by atoms with van der Waals surface area (Å²) in [5, 5.41) is 3.76. The van der Waals surface area contributed by atoms with Gasteiger partial charge >= 0.3 is 0 Å². The van der Waals surface area contributed by atoms with Crippen molar-refractivity contribution in [1.82, 2.24) is 5.32 Å². The Morgan fingerprint density at radius 3 is 2.10 bits per heavy atom. The summed E-state index contributed by atoms with van der Waals surface area (Å²) in [5.74, 6) is -0.363. The lowest BCUT2D eigenvalue weighted by atomic mass is 9.94. The summed E-state index contributed by atoms with van der Waals surface area (Å²) >= 11 is 12.1. The average Bonchev–Trinajstić information content (AvgIpc) is 2.78. The highest BCUT2D eigenvalue weighted by molar-refractivity contribution is 6.30. The van der Waals surface area contributed by atoms with E-state index in [0.717, 1.165) is 31.2 Å². The standard InChI is InChI=1S/C25H30Cl2N2O2/c1-17(2)18-10-14-22(15-11-18)29(23(30)16-26)24(19-8-12-20(27)13-9-19)25(31)28-21-6-4-3-5-7-21/h8-15,17,21,24H,3-7,16H2,1-2H3,(H,28,31). The Kier molecular flexibility index (Phi) is 8.39. The Labute approximate surface area is 194 Å². The van der Waals surface area contributed by atoms with Gasteiger partial charge in [-0.1, -0.05) is 69.0 Å².